The van der Waals surface area contributed by atoms with Crippen LogP contribution in [-0.2, 0) is 6.54 Å². The van der Waals surface area contributed by atoms with Gasteiger partial charge in [-0.1, -0.05) is 12.1 Å². The lowest BCUT2D eigenvalue weighted by Crippen LogP contribution is -2.15. The lowest BCUT2D eigenvalue weighted by Gasteiger charge is -2.03. The minimum Gasteiger partial charge on any atom is -0.396 e. The SMILES string of the molecule is O=[N+]([O-])c1ccccc1-c1ccc(CNCCSCCCO)s1. The van der Waals surface area contributed by atoms with Gasteiger partial charge in [0.05, 0.1) is 10.5 Å². The highest BCUT2D eigenvalue weighted by atomic mass is 32.2. The number of aliphatic hydroxyl groups is 1. The van der Waals surface area contributed by atoms with E-state index in [9.17, 15) is 10.1 Å². The lowest BCUT2D eigenvalue weighted by atomic mass is 10.1. The van der Waals surface area contributed by atoms with Crippen LogP contribution in [0, 0.1) is 10.1 Å². The molecular formula is C16H20N2O3S2. The van der Waals surface area contributed by atoms with Crippen LogP contribution in [-0.4, -0.2) is 34.7 Å². The predicted molar refractivity (Wildman–Crippen MR) is 97.1 cm³/mol. The molecule has 0 saturated carbocycles. The van der Waals surface area contributed by atoms with Crippen LogP contribution in [0.3, 0.4) is 0 Å². The van der Waals surface area contributed by atoms with Crippen molar-refractivity contribution in [2.75, 3.05) is 24.7 Å². The molecule has 5 nitrogen and oxygen atoms in total. The highest BCUT2D eigenvalue weighted by Crippen LogP contribution is 2.34. The zero-order chi connectivity index (χ0) is 16.5. The first kappa shape index (κ1) is 17.9. The number of nitrogens with one attached hydrogen (secondary N) is 1. The zero-order valence-electron chi connectivity index (χ0n) is 12.7. The van der Waals surface area contributed by atoms with Crippen LogP contribution in [0.25, 0.3) is 10.4 Å². The number of hydrogen-bond donors (Lipinski definition) is 2. The minimum atomic E-state index is -0.337. The number of thioether (sulfide) groups is 1. The van der Waals surface area contributed by atoms with E-state index in [2.05, 4.69) is 5.32 Å². The van der Waals surface area contributed by atoms with Crippen molar-refractivity contribution < 1.29 is 10.0 Å². The molecule has 1 heterocycles. The number of nitro benzene ring substituents is 1. The summed E-state index contributed by atoms with van der Waals surface area (Å²) >= 11 is 3.41. The summed E-state index contributed by atoms with van der Waals surface area (Å²) in [5.41, 5.74) is 0.822. The van der Waals surface area contributed by atoms with E-state index in [4.69, 9.17) is 5.11 Å². The van der Waals surface area contributed by atoms with Crippen LogP contribution in [0.4, 0.5) is 5.69 Å². The fraction of sp³-hybridized carbons (Fsp3) is 0.375. The first-order valence-corrected chi connectivity index (χ1v) is 9.41. The summed E-state index contributed by atoms with van der Waals surface area (Å²) in [5, 5.41) is 23.2. The van der Waals surface area contributed by atoms with Crippen molar-refractivity contribution in [3.63, 3.8) is 0 Å². The second kappa shape index (κ2) is 9.67. The normalized spacial score (nSPS) is 10.8. The number of benzene rings is 1. The van der Waals surface area contributed by atoms with E-state index in [1.807, 2.05) is 30.0 Å². The number of hydrogen-bond acceptors (Lipinski definition) is 6. The molecule has 1 aromatic heterocycles. The van der Waals surface area contributed by atoms with Crippen molar-refractivity contribution in [3.05, 3.63) is 51.4 Å². The highest BCUT2D eigenvalue weighted by Gasteiger charge is 2.15. The Labute approximate surface area is 143 Å². The Morgan fingerprint density at radius 2 is 2.04 bits per heavy atom. The number of rotatable bonds is 10. The molecule has 0 bridgehead atoms. The molecule has 0 atom stereocenters. The first-order valence-electron chi connectivity index (χ1n) is 7.44. The van der Waals surface area contributed by atoms with Gasteiger partial charge >= 0.3 is 0 Å². The number of nitro groups is 1. The molecule has 0 aliphatic carbocycles. The molecule has 23 heavy (non-hydrogen) atoms. The second-order valence-electron chi connectivity index (χ2n) is 4.91. The van der Waals surface area contributed by atoms with E-state index >= 15 is 0 Å². The van der Waals surface area contributed by atoms with E-state index in [0.29, 0.717) is 5.56 Å². The smallest absolute Gasteiger partial charge is 0.278 e. The van der Waals surface area contributed by atoms with Gasteiger partial charge in [0.1, 0.15) is 0 Å². The summed E-state index contributed by atoms with van der Waals surface area (Å²) in [4.78, 5) is 12.9. The molecule has 0 amide bonds. The molecule has 0 spiro atoms. The average Bonchev–Trinajstić information content (AvgIpc) is 3.03. The van der Waals surface area contributed by atoms with Crippen molar-refractivity contribution in [2.45, 2.75) is 13.0 Å². The van der Waals surface area contributed by atoms with Gasteiger partial charge in [-0.2, -0.15) is 11.8 Å². The molecule has 0 aliphatic heterocycles. The summed E-state index contributed by atoms with van der Waals surface area (Å²) in [6.45, 7) is 1.94. The van der Waals surface area contributed by atoms with E-state index in [0.717, 1.165) is 35.9 Å². The molecule has 0 radical (unpaired) electrons. The van der Waals surface area contributed by atoms with Crippen molar-refractivity contribution in [3.8, 4) is 10.4 Å². The van der Waals surface area contributed by atoms with Gasteiger partial charge in [0.15, 0.2) is 0 Å². The first-order chi connectivity index (χ1) is 11.2. The standard InChI is InChI=1S/C16H20N2O3S2/c19-9-3-10-22-11-8-17-12-13-6-7-16(23-13)14-4-1-2-5-15(14)18(20)21/h1-2,4-7,17,19H,3,8-12H2. The molecule has 0 aliphatic rings. The molecule has 2 aromatic rings. The highest BCUT2D eigenvalue weighted by molar-refractivity contribution is 7.99. The third kappa shape index (κ3) is 5.62. The Bertz CT molecular complexity index is 631. The Morgan fingerprint density at radius 1 is 1.22 bits per heavy atom. The fourth-order valence-corrected chi connectivity index (χ4v) is 3.92. The van der Waals surface area contributed by atoms with E-state index in [-0.39, 0.29) is 17.2 Å². The summed E-state index contributed by atoms with van der Waals surface area (Å²) < 4.78 is 0. The minimum absolute atomic E-state index is 0.147. The topological polar surface area (TPSA) is 75.4 Å². The van der Waals surface area contributed by atoms with Crippen molar-refractivity contribution in [2.24, 2.45) is 0 Å². The van der Waals surface area contributed by atoms with Gasteiger partial charge in [0.2, 0.25) is 0 Å². The fourth-order valence-electron chi connectivity index (χ4n) is 2.08. The second-order valence-corrected chi connectivity index (χ2v) is 7.30. The maximum Gasteiger partial charge on any atom is 0.278 e. The number of nitrogens with zero attached hydrogens (tertiary/aromatic N) is 1. The Morgan fingerprint density at radius 3 is 2.83 bits per heavy atom. The molecule has 2 rings (SSSR count). The molecule has 124 valence electrons. The van der Waals surface area contributed by atoms with Gasteiger partial charge in [-0.25, -0.2) is 0 Å². The summed E-state index contributed by atoms with van der Waals surface area (Å²) in [5.74, 6) is 2.00. The molecule has 0 saturated heterocycles. The van der Waals surface area contributed by atoms with Gasteiger partial charge in [-0.15, -0.1) is 11.3 Å². The van der Waals surface area contributed by atoms with E-state index in [1.165, 1.54) is 10.9 Å². The van der Waals surface area contributed by atoms with E-state index in [1.54, 1.807) is 23.5 Å². The largest absolute Gasteiger partial charge is 0.396 e. The maximum atomic E-state index is 11.1. The van der Waals surface area contributed by atoms with Crippen LogP contribution in [0.5, 0.6) is 0 Å². The third-order valence-corrected chi connectivity index (χ3v) is 5.39. The van der Waals surface area contributed by atoms with Crippen molar-refractivity contribution in [1.82, 2.24) is 5.32 Å². The molecule has 0 unspecified atom stereocenters. The predicted octanol–water partition coefficient (Wildman–Crippen LogP) is 3.53. The van der Waals surface area contributed by atoms with Crippen LogP contribution in [0.2, 0.25) is 0 Å². The average molecular weight is 352 g/mol. The van der Waals surface area contributed by atoms with Crippen LogP contribution >= 0.6 is 23.1 Å². The van der Waals surface area contributed by atoms with Crippen molar-refractivity contribution >= 4 is 28.8 Å². The van der Waals surface area contributed by atoms with Crippen LogP contribution in [0.15, 0.2) is 36.4 Å². The molecule has 2 N–H and O–H groups in total. The van der Waals surface area contributed by atoms with Gasteiger partial charge in [-0.05, 0) is 30.4 Å². The summed E-state index contributed by atoms with van der Waals surface area (Å²) in [7, 11) is 0. The number of para-hydroxylation sites is 1. The van der Waals surface area contributed by atoms with Crippen molar-refractivity contribution in [1.29, 1.82) is 0 Å². The molecule has 1 aromatic carbocycles. The monoisotopic (exact) mass is 352 g/mol. The molecule has 0 fully saturated rings. The van der Waals surface area contributed by atoms with Gasteiger partial charge in [0, 0.05) is 41.3 Å². The van der Waals surface area contributed by atoms with Crippen LogP contribution in [0.1, 0.15) is 11.3 Å². The maximum absolute atomic E-state index is 11.1. The van der Waals surface area contributed by atoms with Gasteiger partial charge < -0.3 is 10.4 Å². The Balaban J connectivity index is 1.85. The Hall–Kier alpha value is -1.41. The number of thiophene rings is 1. The van der Waals surface area contributed by atoms with Crippen LogP contribution < -0.4 is 5.32 Å². The lowest BCUT2D eigenvalue weighted by molar-refractivity contribution is -0.384. The third-order valence-electron chi connectivity index (χ3n) is 3.20. The summed E-state index contributed by atoms with van der Waals surface area (Å²) in [6, 6.07) is 10.8. The van der Waals surface area contributed by atoms with Gasteiger partial charge in [0.25, 0.3) is 5.69 Å². The molecular weight excluding hydrogens is 332 g/mol. The van der Waals surface area contributed by atoms with E-state index < -0.39 is 0 Å². The number of aliphatic hydroxyl groups excluding tert-OH is 1. The zero-order valence-corrected chi connectivity index (χ0v) is 14.4. The Kier molecular flexibility index (Phi) is 7.54. The molecule has 7 heteroatoms. The quantitative estimate of drug-likeness (QED) is 0.389. The van der Waals surface area contributed by atoms with Gasteiger partial charge in [-0.3, -0.25) is 10.1 Å². The summed E-state index contributed by atoms with van der Waals surface area (Å²) in [6.07, 6.45) is 0.842.